The summed E-state index contributed by atoms with van der Waals surface area (Å²) in [6.45, 7) is 6.46. The zero-order chi connectivity index (χ0) is 45.8. The molecular formula is C57H94O6. The van der Waals surface area contributed by atoms with Gasteiger partial charge in [0, 0.05) is 19.3 Å². The van der Waals surface area contributed by atoms with Crippen LogP contribution in [0, 0.1) is 0 Å². The molecule has 0 N–H and O–H groups in total. The lowest BCUT2D eigenvalue weighted by Gasteiger charge is -2.18. The molecule has 0 saturated heterocycles. The van der Waals surface area contributed by atoms with E-state index >= 15 is 0 Å². The third-order valence-electron chi connectivity index (χ3n) is 10.5. The number of allylic oxidation sites excluding steroid dienone is 16. The van der Waals surface area contributed by atoms with E-state index in [0.29, 0.717) is 19.3 Å². The number of esters is 3. The van der Waals surface area contributed by atoms with Crippen LogP contribution in [0.3, 0.4) is 0 Å². The highest BCUT2D eigenvalue weighted by molar-refractivity contribution is 5.71. The number of carbonyl (C=O) groups excluding carboxylic acids is 3. The quantitative estimate of drug-likeness (QED) is 0.0262. The Morgan fingerprint density at radius 2 is 0.603 bits per heavy atom. The summed E-state index contributed by atoms with van der Waals surface area (Å²) in [6, 6.07) is 0. The molecule has 6 heteroatoms. The van der Waals surface area contributed by atoms with Gasteiger partial charge in [0.05, 0.1) is 0 Å². The minimum atomic E-state index is -0.819. The van der Waals surface area contributed by atoms with Crippen LogP contribution in [0.25, 0.3) is 0 Å². The van der Waals surface area contributed by atoms with Crippen LogP contribution in [0.2, 0.25) is 0 Å². The molecule has 0 fully saturated rings. The molecule has 6 nitrogen and oxygen atoms in total. The van der Waals surface area contributed by atoms with Crippen LogP contribution >= 0.6 is 0 Å². The number of rotatable bonds is 45. The van der Waals surface area contributed by atoms with Crippen molar-refractivity contribution in [2.75, 3.05) is 13.2 Å². The van der Waals surface area contributed by atoms with Gasteiger partial charge in [0.2, 0.25) is 0 Å². The summed E-state index contributed by atoms with van der Waals surface area (Å²) in [6.07, 6.45) is 66.8. The van der Waals surface area contributed by atoms with Gasteiger partial charge in [-0.05, 0) is 116 Å². The minimum Gasteiger partial charge on any atom is -0.462 e. The fourth-order valence-electron chi connectivity index (χ4n) is 6.60. The van der Waals surface area contributed by atoms with E-state index in [0.717, 1.165) is 103 Å². The Kier molecular flexibility index (Phi) is 48.0. The molecule has 0 spiro atoms. The zero-order valence-electron chi connectivity index (χ0n) is 40.8. The van der Waals surface area contributed by atoms with E-state index in [-0.39, 0.29) is 37.5 Å². The molecule has 0 aliphatic heterocycles. The molecule has 0 aromatic heterocycles. The topological polar surface area (TPSA) is 78.9 Å². The first-order chi connectivity index (χ1) is 31.0. The van der Waals surface area contributed by atoms with Crippen LogP contribution in [-0.2, 0) is 28.6 Å². The van der Waals surface area contributed by atoms with Gasteiger partial charge in [0.15, 0.2) is 6.10 Å². The molecule has 0 unspecified atom stereocenters. The summed E-state index contributed by atoms with van der Waals surface area (Å²) < 4.78 is 16.7. The average molecular weight is 875 g/mol. The molecule has 1 atom stereocenters. The van der Waals surface area contributed by atoms with E-state index < -0.39 is 6.10 Å². The monoisotopic (exact) mass is 875 g/mol. The van der Waals surface area contributed by atoms with Gasteiger partial charge in [-0.3, -0.25) is 14.4 Å². The molecule has 0 heterocycles. The van der Waals surface area contributed by atoms with Crippen molar-refractivity contribution in [3.63, 3.8) is 0 Å². The Labute approximate surface area is 387 Å². The van der Waals surface area contributed by atoms with Crippen molar-refractivity contribution >= 4 is 17.9 Å². The van der Waals surface area contributed by atoms with E-state index in [1.54, 1.807) is 0 Å². The molecule has 63 heavy (non-hydrogen) atoms. The fraction of sp³-hybridized carbons (Fsp3) is 0.667. The van der Waals surface area contributed by atoms with Crippen molar-refractivity contribution < 1.29 is 28.6 Å². The Hall–Kier alpha value is -3.67. The van der Waals surface area contributed by atoms with Crippen molar-refractivity contribution in [3.8, 4) is 0 Å². The van der Waals surface area contributed by atoms with Crippen LogP contribution < -0.4 is 0 Å². The number of hydrogen-bond acceptors (Lipinski definition) is 6. The summed E-state index contributed by atoms with van der Waals surface area (Å²) in [5.74, 6) is -1.01. The summed E-state index contributed by atoms with van der Waals surface area (Å²) in [5.41, 5.74) is 0. The third kappa shape index (κ3) is 49.2. The fourth-order valence-corrected chi connectivity index (χ4v) is 6.60. The molecule has 0 aromatic rings. The summed E-state index contributed by atoms with van der Waals surface area (Å²) >= 11 is 0. The standard InChI is InChI=1S/C57H94O6/c1-4-7-10-13-16-19-22-24-26-28-30-32-35-38-41-44-47-50-56(59)62-53-54(52-61-55(58)49-46-43-40-37-34-21-18-15-12-9-6-3)63-57(60)51-48-45-42-39-36-33-31-29-27-25-23-20-17-14-11-8-5-2/h15-20,24-27,30-33,39,42,54H,4-14,21-23,28-29,34-38,40-41,43-53H2,1-3H3/b18-15-,19-16-,20-17-,26-24-,27-25-,32-30-,33-31-,42-39-/t54-/m0/s1. The van der Waals surface area contributed by atoms with Crippen LogP contribution in [0.1, 0.15) is 226 Å². The second-order valence-corrected chi connectivity index (χ2v) is 16.7. The smallest absolute Gasteiger partial charge is 0.306 e. The Balaban J connectivity index is 4.52. The van der Waals surface area contributed by atoms with Crippen LogP contribution in [0.5, 0.6) is 0 Å². The molecule has 0 aromatic carbocycles. The molecular weight excluding hydrogens is 781 g/mol. The van der Waals surface area contributed by atoms with E-state index in [9.17, 15) is 14.4 Å². The molecule has 0 amide bonds. The highest BCUT2D eigenvalue weighted by atomic mass is 16.6. The molecule has 0 rings (SSSR count). The van der Waals surface area contributed by atoms with Gasteiger partial charge >= 0.3 is 17.9 Å². The summed E-state index contributed by atoms with van der Waals surface area (Å²) in [5, 5.41) is 0. The van der Waals surface area contributed by atoms with E-state index in [4.69, 9.17) is 14.2 Å². The molecule has 0 radical (unpaired) electrons. The van der Waals surface area contributed by atoms with Crippen molar-refractivity contribution in [2.45, 2.75) is 232 Å². The van der Waals surface area contributed by atoms with Gasteiger partial charge in [0.25, 0.3) is 0 Å². The van der Waals surface area contributed by atoms with Gasteiger partial charge in [-0.2, -0.15) is 0 Å². The van der Waals surface area contributed by atoms with Crippen molar-refractivity contribution in [1.29, 1.82) is 0 Å². The molecule has 0 aliphatic rings. The highest BCUT2D eigenvalue weighted by Gasteiger charge is 2.19. The largest absolute Gasteiger partial charge is 0.462 e. The first kappa shape index (κ1) is 59.3. The van der Waals surface area contributed by atoms with Gasteiger partial charge in [-0.15, -0.1) is 0 Å². The lowest BCUT2D eigenvalue weighted by molar-refractivity contribution is -0.167. The molecule has 0 bridgehead atoms. The highest BCUT2D eigenvalue weighted by Crippen LogP contribution is 2.12. The lowest BCUT2D eigenvalue weighted by Crippen LogP contribution is -2.30. The van der Waals surface area contributed by atoms with Gasteiger partial charge in [-0.25, -0.2) is 0 Å². The van der Waals surface area contributed by atoms with Crippen molar-refractivity contribution in [3.05, 3.63) is 97.2 Å². The van der Waals surface area contributed by atoms with E-state index in [1.807, 2.05) is 0 Å². The normalized spacial score (nSPS) is 12.9. The zero-order valence-corrected chi connectivity index (χ0v) is 40.8. The second-order valence-electron chi connectivity index (χ2n) is 16.7. The lowest BCUT2D eigenvalue weighted by atomic mass is 10.1. The Morgan fingerprint density at radius 3 is 1.00 bits per heavy atom. The Morgan fingerprint density at radius 1 is 0.317 bits per heavy atom. The predicted octanol–water partition coefficient (Wildman–Crippen LogP) is 17.0. The predicted molar refractivity (Wildman–Crippen MR) is 270 cm³/mol. The van der Waals surface area contributed by atoms with Crippen LogP contribution in [0.15, 0.2) is 97.2 Å². The SMILES string of the molecule is CCCC/C=C\CCCCCCCC(=O)OC[C@@H](COC(=O)CCCCCC/C=C\C/C=C\C/C=C\CCCCC)OC(=O)CCC/C=C\C/C=C\C/C=C\C/C=C\CCCCC. The Bertz CT molecular complexity index is 1280. The van der Waals surface area contributed by atoms with Gasteiger partial charge in [0.1, 0.15) is 13.2 Å². The molecule has 0 aliphatic carbocycles. The number of hydrogen-bond donors (Lipinski definition) is 0. The molecule has 0 saturated carbocycles. The second kappa shape index (κ2) is 51.0. The van der Waals surface area contributed by atoms with E-state index in [1.165, 1.54) is 77.0 Å². The third-order valence-corrected chi connectivity index (χ3v) is 10.5. The summed E-state index contributed by atoms with van der Waals surface area (Å²) in [7, 11) is 0. The molecule has 358 valence electrons. The number of carbonyl (C=O) groups is 3. The maximum absolute atomic E-state index is 12.8. The van der Waals surface area contributed by atoms with Crippen LogP contribution in [-0.4, -0.2) is 37.2 Å². The van der Waals surface area contributed by atoms with Gasteiger partial charge in [-0.1, -0.05) is 189 Å². The average Bonchev–Trinajstić information content (AvgIpc) is 3.28. The number of unbranched alkanes of at least 4 members (excludes halogenated alkanes) is 18. The van der Waals surface area contributed by atoms with Crippen molar-refractivity contribution in [1.82, 2.24) is 0 Å². The number of ether oxygens (including phenoxy) is 3. The maximum atomic E-state index is 12.8. The van der Waals surface area contributed by atoms with Crippen molar-refractivity contribution in [2.24, 2.45) is 0 Å². The van der Waals surface area contributed by atoms with Gasteiger partial charge < -0.3 is 14.2 Å². The first-order valence-electron chi connectivity index (χ1n) is 25.7. The minimum absolute atomic E-state index is 0.112. The van der Waals surface area contributed by atoms with E-state index in [2.05, 4.69) is 118 Å². The summed E-state index contributed by atoms with van der Waals surface area (Å²) in [4.78, 5) is 37.9. The van der Waals surface area contributed by atoms with Crippen LogP contribution in [0.4, 0.5) is 0 Å². The maximum Gasteiger partial charge on any atom is 0.306 e. The first-order valence-corrected chi connectivity index (χ1v) is 25.7.